The van der Waals surface area contributed by atoms with Crippen molar-refractivity contribution in [2.24, 2.45) is 0 Å². The Bertz CT molecular complexity index is 690. The number of hydrogen-bond donors (Lipinski definition) is 0. The minimum absolute atomic E-state index is 0.818. The average Bonchev–Trinajstić information content (AvgIpc) is 2.97. The topological polar surface area (TPSA) is 54.8 Å². The van der Waals surface area contributed by atoms with Crippen LogP contribution in [-0.4, -0.2) is 30.9 Å². The number of aryl methyl sites for hydroxylation is 1. The molecule has 0 amide bonds. The lowest BCUT2D eigenvalue weighted by molar-refractivity contribution is 0.318. The Morgan fingerprint density at radius 3 is 2.74 bits per heavy atom. The van der Waals surface area contributed by atoms with Crippen molar-refractivity contribution in [2.45, 2.75) is 20.0 Å². The summed E-state index contributed by atoms with van der Waals surface area (Å²) in [7, 11) is 2.08. The van der Waals surface area contributed by atoms with Gasteiger partial charge in [0.25, 0.3) is 0 Å². The van der Waals surface area contributed by atoms with Crippen LogP contribution in [0.15, 0.2) is 18.2 Å². The van der Waals surface area contributed by atoms with E-state index < -0.39 is 0 Å². The maximum atomic E-state index is 4.27. The van der Waals surface area contributed by atoms with Crippen molar-refractivity contribution in [3.63, 3.8) is 0 Å². The zero-order chi connectivity index (χ0) is 13.2. The molecule has 0 N–H and O–H groups in total. The molecule has 1 aromatic carbocycles. The van der Waals surface area contributed by atoms with Gasteiger partial charge in [0.1, 0.15) is 21.0 Å². The van der Waals surface area contributed by atoms with Crippen molar-refractivity contribution in [3.8, 4) is 0 Å². The molecule has 0 bridgehead atoms. The monoisotopic (exact) mass is 291 g/mol. The fraction of sp³-hybridized carbons (Fsp3) is 0.333. The second-order valence-corrected chi connectivity index (χ2v) is 6.27. The molecule has 2 aromatic heterocycles. The van der Waals surface area contributed by atoms with Crippen LogP contribution in [0.5, 0.6) is 0 Å². The second-order valence-electron chi connectivity index (χ2n) is 4.47. The predicted octanol–water partition coefficient (Wildman–Crippen LogP) is 2.48. The van der Waals surface area contributed by atoms with E-state index in [2.05, 4.69) is 43.0 Å². The van der Waals surface area contributed by atoms with Crippen LogP contribution in [-0.2, 0) is 13.1 Å². The third-order valence-electron chi connectivity index (χ3n) is 2.74. The van der Waals surface area contributed by atoms with Crippen LogP contribution >= 0.6 is 23.1 Å². The van der Waals surface area contributed by atoms with Crippen LogP contribution in [0.25, 0.3) is 11.0 Å². The van der Waals surface area contributed by atoms with E-state index >= 15 is 0 Å². The van der Waals surface area contributed by atoms with E-state index in [4.69, 9.17) is 0 Å². The third kappa shape index (κ3) is 2.94. The lowest BCUT2D eigenvalue weighted by atomic mass is 10.2. The predicted molar refractivity (Wildman–Crippen MR) is 77.2 cm³/mol. The van der Waals surface area contributed by atoms with Crippen molar-refractivity contribution < 1.29 is 0 Å². The lowest BCUT2D eigenvalue weighted by Crippen LogP contribution is -2.17. The van der Waals surface area contributed by atoms with E-state index in [9.17, 15) is 0 Å². The van der Waals surface area contributed by atoms with Gasteiger partial charge in [0, 0.05) is 6.54 Å². The number of aromatic nitrogens is 4. The van der Waals surface area contributed by atoms with E-state index in [1.807, 2.05) is 13.0 Å². The Kier molecular flexibility index (Phi) is 3.50. The average molecular weight is 291 g/mol. The summed E-state index contributed by atoms with van der Waals surface area (Å²) in [6.07, 6.45) is 0. The standard InChI is InChI=1S/C12H13N5S2/c1-8-13-14-12(18-8)7-17(2)6-9-3-4-10-11(5-9)16-19-15-10/h3-5H,6-7H2,1-2H3. The highest BCUT2D eigenvalue weighted by Gasteiger charge is 2.07. The van der Waals surface area contributed by atoms with Crippen LogP contribution in [0.2, 0.25) is 0 Å². The van der Waals surface area contributed by atoms with Crippen molar-refractivity contribution >= 4 is 34.1 Å². The van der Waals surface area contributed by atoms with Crippen molar-refractivity contribution in [3.05, 3.63) is 33.8 Å². The Balaban J connectivity index is 1.69. The molecule has 0 atom stereocenters. The van der Waals surface area contributed by atoms with Crippen LogP contribution < -0.4 is 0 Å². The molecule has 0 aliphatic heterocycles. The molecule has 3 aromatic rings. The van der Waals surface area contributed by atoms with Crippen LogP contribution in [0.3, 0.4) is 0 Å². The number of fused-ring (bicyclic) bond motifs is 1. The van der Waals surface area contributed by atoms with E-state index in [0.29, 0.717) is 0 Å². The summed E-state index contributed by atoms with van der Waals surface area (Å²) in [4.78, 5) is 2.22. The van der Waals surface area contributed by atoms with Crippen LogP contribution in [0.1, 0.15) is 15.6 Å². The molecule has 0 radical (unpaired) electrons. The molecule has 0 spiro atoms. The summed E-state index contributed by atoms with van der Waals surface area (Å²) in [5.41, 5.74) is 3.18. The van der Waals surface area contributed by atoms with Gasteiger partial charge in [-0.3, -0.25) is 4.90 Å². The summed E-state index contributed by atoms with van der Waals surface area (Å²) >= 11 is 2.90. The van der Waals surface area contributed by atoms with Gasteiger partial charge in [0.05, 0.1) is 18.3 Å². The largest absolute Gasteiger partial charge is 0.295 e. The maximum Gasteiger partial charge on any atom is 0.131 e. The molecule has 0 aliphatic carbocycles. The van der Waals surface area contributed by atoms with Gasteiger partial charge in [0.15, 0.2) is 0 Å². The molecular weight excluding hydrogens is 278 g/mol. The van der Waals surface area contributed by atoms with E-state index in [-0.39, 0.29) is 0 Å². The van der Waals surface area contributed by atoms with Gasteiger partial charge >= 0.3 is 0 Å². The minimum Gasteiger partial charge on any atom is -0.295 e. The first-order valence-corrected chi connectivity index (χ1v) is 7.44. The molecule has 0 unspecified atom stereocenters. The highest BCUT2D eigenvalue weighted by atomic mass is 32.1. The first kappa shape index (κ1) is 12.6. The third-order valence-corrected chi connectivity index (χ3v) is 4.12. The number of hydrogen-bond acceptors (Lipinski definition) is 7. The molecule has 0 saturated heterocycles. The molecule has 0 fully saturated rings. The highest BCUT2D eigenvalue weighted by Crippen LogP contribution is 2.16. The normalized spacial score (nSPS) is 11.5. The molecule has 0 aliphatic rings. The molecule has 7 heteroatoms. The van der Waals surface area contributed by atoms with Gasteiger partial charge in [-0.25, -0.2) is 0 Å². The zero-order valence-corrected chi connectivity index (χ0v) is 12.3. The van der Waals surface area contributed by atoms with Gasteiger partial charge in [-0.15, -0.1) is 21.5 Å². The zero-order valence-electron chi connectivity index (χ0n) is 10.7. The number of nitrogens with zero attached hydrogens (tertiary/aromatic N) is 5. The van der Waals surface area contributed by atoms with Crippen molar-refractivity contribution in [1.29, 1.82) is 0 Å². The first-order chi connectivity index (χ1) is 9.20. The molecule has 3 rings (SSSR count). The quantitative estimate of drug-likeness (QED) is 0.739. The highest BCUT2D eigenvalue weighted by molar-refractivity contribution is 7.11. The summed E-state index contributed by atoms with van der Waals surface area (Å²) in [6.45, 7) is 3.66. The summed E-state index contributed by atoms with van der Waals surface area (Å²) in [6, 6.07) is 6.23. The second kappa shape index (κ2) is 5.28. The summed E-state index contributed by atoms with van der Waals surface area (Å²) in [5, 5.41) is 10.2. The van der Waals surface area contributed by atoms with Crippen molar-refractivity contribution in [1.82, 2.24) is 23.8 Å². The van der Waals surface area contributed by atoms with Gasteiger partial charge in [-0.2, -0.15) is 8.75 Å². The smallest absolute Gasteiger partial charge is 0.131 e. The van der Waals surface area contributed by atoms with E-state index in [0.717, 1.165) is 34.1 Å². The lowest BCUT2D eigenvalue weighted by Gasteiger charge is -2.14. The molecule has 98 valence electrons. The van der Waals surface area contributed by atoms with E-state index in [1.165, 1.54) is 17.3 Å². The molecule has 0 saturated carbocycles. The summed E-state index contributed by atoms with van der Waals surface area (Å²) in [5.74, 6) is 0. The minimum atomic E-state index is 0.818. The first-order valence-electron chi connectivity index (χ1n) is 5.89. The fourth-order valence-electron chi connectivity index (χ4n) is 1.93. The van der Waals surface area contributed by atoms with Gasteiger partial charge < -0.3 is 0 Å². The van der Waals surface area contributed by atoms with E-state index in [1.54, 1.807) is 11.3 Å². The Hall–Kier alpha value is -1.44. The Morgan fingerprint density at radius 1 is 1.11 bits per heavy atom. The molecule has 2 heterocycles. The molecular formula is C12H13N5S2. The maximum absolute atomic E-state index is 4.27. The molecule has 19 heavy (non-hydrogen) atoms. The number of benzene rings is 1. The van der Waals surface area contributed by atoms with Gasteiger partial charge in [-0.1, -0.05) is 6.07 Å². The van der Waals surface area contributed by atoms with Crippen LogP contribution in [0, 0.1) is 6.92 Å². The molecule has 5 nitrogen and oxygen atoms in total. The fourth-order valence-corrected chi connectivity index (χ4v) is 3.23. The van der Waals surface area contributed by atoms with Gasteiger partial charge in [0.2, 0.25) is 0 Å². The number of rotatable bonds is 4. The summed E-state index contributed by atoms with van der Waals surface area (Å²) < 4.78 is 8.48. The Morgan fingerprint density at radius 2 is 1.95 bits per heavy atom. The SMILES string of the molecule is Cc1nnc(CN(C)Cc2ccc3nsnc3c2)s1. The van der Waals surface area contributed by atoms with Crippen LogP contribution in [0.4, 0.5) is 0 Å². The van der Waals surface area contributed by atoms with Gasteiger partial charge in [-0.05, 0) is 31.7 Å². The van der Waals surface area contributed by atoms with Crippen molar-refractivity contribution in [2.75, 3.05) is 7.05 Å². The Labute approximate surface area is 119 Å².